The first-order valence-electron chi connectivity index (χ1n) is 18.0. The number of carbonyl (C=O) groups is 4. The smallest absolute Gasteiger partial charge is 0.339 e. The molecule has 2 unspecified atom stereocenters. The van der Waals surface area contributed by atoms with Crippen molar-refractivity contribution in [3.63, 3.8) is 0 Å². The zero-order chi connectivity index (χ0) is 37.6. The van der Waals surface area contributed by atoms with Gasteiger partial charge in [-0.2, -0.15) is 4.98 Å². The van der Waals surface area contributed by atoms with Crippen molar-refractivity contribution in [2.75, 3.05) is 50.3 Å². The number of nitrogens with one attached hydrogen (secondary N) is 3. The first kappa shape index (κ1) is 35.0. The van der Waals surface area contributed by atoms with E-state index in [1.807, 2.05) is 32.0 Å². The summed E-state index contributed by atoms with van der Waals surface area (Å²) in [5.41, 5.74) is 13.4. The van der Waals surface area contributed by atoms with Gasteiger partial charge >= 0.3 is 5.97 Å². The Bertz CT molecular complexity index is 2150. The highest BCUT2D eigenvalue weighted by Gasteiger charge is 2.40. The van der Waals surface area contributed by atoms with Crippen LogP contribution in [0.15, 0.2) is 47.7 Å². The normalized spacial score (nSPS) is 22.0. The minimum absolute atomic E-state index is 0.188. The molecule has 2 saturated heterocycles. The Kier molecular flexibility index (Phi) is 9.12. The lowest BCUT2D eigenvalue weighted by molar-refractivity contribution is -0.136. The molecule has 5 aliphatic rings. The number of anilines is 3. The lowest BCUT2D eigenvalue weighted by Gasteiger charge is -2.33. The highest BCUT2D eigenvalue weighted by atomic mass is 16.6. The molecule has 5 N–H and O–H groups in total. The van der Waals surface area contributed by atoms with Crippen LogP contribution in [-0.4, -0.2) is 99.6 Å². The number of hydrogen-bond donors (Lipinski definition) is 4. The number of nitrogen functional groups attached to an aromatic ring is 1. The van der Waals surface area contributed by atoms with Crippen molar-refractivity contribution < 1.29 is 28.7 Å². The number of cyclic esters (lactones) is 1. The average Bonchev–Trinajstić information content (AvgIpc) is 3.81. The van der Waals surface area contributed by atoms with Crippen molar-refractivity contribution in [2.24, 2.45) is 5.10 Å². The quantitative estimate of drug-likeness (QED) is 0.149. The van der Waals surface area contributed by atoms with Gasteiger partial charge in [-0.25, -0.2) is 9.78 Å². The van der Waals surface area contributed by atoms with Crippen LogP contribution in [0.5, 0.6) is 0 Å². The van der Waals surface area contributed by atoms with Gasteiger partial charge in [0, 0.05) is 80.7 Å². The molecule has 2 fully saturated rings. The number of hydrogen-bond acceptors (Lipinski definition) is 14. The van der Waals surface area contributed by atoms with Gasteiger partial charge in [0.25, 0.3) is 5.91 Å². The fraction of sp³-hybridized carbons (Fsp3) is 0.395. The van der Waals surface area contributed by atoms with E-state index < -0.39 is 23.8 Å². The number of amides is 3. The molecule has 0 saturated carbocycles. The van der Waals surface area contributed by atoms with Gasteiger partial charge in [-0.15, -0.1) is 5.10 Å². The number of imide groups is 1. The maximum atomic E-state index is 13.0. The molecule has 1 aromatic heterocycles. The maximum absolute atomic E-state index is 13.0. The predicted molar refractivity (Wildman–Crippen MR) is 196 cm³/mol. The van der Waals surface area contributed by atoms with Gasteiger partial charge in [0.15, 0.2) is 0 Å². The molecule has 0 aliphatic carbocycles. The van der Waals surface area contributed by atoms with Crippen molar-refractivity contribution >= 4 is 47.0 Å². The van der Waals surface area contributed by atoms with Crippen LogP contribution < -0.4 is 21.8 Å². The first-order chi connectivity index (χ1) is 26.0. The largest absolute Gasteiger partial charge is 0.451 e. The molecular weight excluding hydrogens is 692 g/mol. The molecule has 3 aromatic rings. The number of hydrazone groups is 1. The first-order valence-corrected chi connectivity index (χ1v) is 18.0. The fourth-order valence-electron chi connectivity index (χ4n) is 7.33. The van der Waals surface area contributed by atoms with E-state index in [1.54, 1.807) is 29.3 Å². The maximum Gasteiger partial charge on any atom is 0.339 e. The standard InChI is InChI=1S/C38H40N10O6/c1-38(2)28-19-24(6-8-26(28)36(52)54-38)41-37-40-20-27(32(39)43-37)34-45-44-31(53-34)11-13-47-16-14-46(15-17-47)12-3-4-22-5-7-25-23(18-22)21-48(35(25)51)29-9-10-30(49)42-33(29)50/h5-8,18-20,29,34,45H,9-17,21H2,1-2H3,(H,42,49,50)(H3,39,40,41,43). The van der Waals surface area contributed by atoms with E-state index in [4.69, 9.17) is 15.2 Å². The van der Waals surface area contributed by atoms with Gasteiger partial charge in [0.05, 0.1) is 17.7 Å². The molecule has 2 aromatic carbocycles. The number of aromatic nitrogens is 2. The number of piperidine rings is 1. The van der Waals surface area contributed by atoms with E-state index in [2.05, 4.69) is 52.8 Å². The van der Waals surface area contributed by atoms with Gasteiger partial charge in [-0.1, -0.05) is 11.8 Å². The summed E-state index contributed by atoms with van der Waals surface area (Å²) >= 11 is 0. The summed E-state index contributed by atoms with van der Waals surface area (Å²) in [5.74, 6) is 6.42. The van der Waals surface area contributed by atoms with Gasteiger partial charge in [0.1, 0.15) is 17.5 Å². The number of ether oxygens (including phenoxy) is 2. The van der Waals surface area contributed by atoms with Crippen LogP contribution in [0, 0.1) is 11.8 Å². The highest BCUT2D eigenvalue weighted by molar-refractivity contribution is 6.05. The zero-order valence-electron chi connectivity index (χ0n) is 30.0. The van der Waals surface area contributed by atoms with Crippen LogP contribution in [0.2, 0.25) is 0 Å². The molecule has 3 amide bonds. The van der Waals surface area contributed by atoms with Crippen LogP contribution in [0.4, 0.5) is 17.5 Å². The number of esters is 1. The van der Waals surface area contributed by atoms with Crippen molar-refractivity contribution in [1.29, 1.82) is 0 Å². The Morgan fingerprint density at radius 3 is 2.63 bits per heavy atom. The third-order valence-corrected chi connectivity index (χ3v) is 10.3. The summed E-state index contributed by atoms with van der Waals surface area (Å²) < 4.78 is 11.5. The number of rotatable bonds is 8. The number of nitrogens with zero attached hydrogens (tertiary/aromatic N) is 6. The third kappa shape index (κ3) is 7.03. The van der Waals surface area contributed by atoms with Gasteiger partial charge in [0.2, 0.25) is 29.9 Å². The molecule has 278 valence electrons. The number of carbonyl (C=O) groups excluding carboxylic acids is 4. The van der Waals surface area contributed by atoms with Crippen LogP contribution in [0.25, 0.3) is 0 Å². The average molecular weight is 733 g/mol. The lowest BCUT2D eigenvalue weighted by Crippen LogP contribution is -2.52. The van der Waals surface area contributed by atoms with Crippen molar-refractivity contribution in [3.05, 3.63) is 76.0 Å². The molecule has 6 heterocycles. The second kappa shape index (κ2) is 14.1. The molecule has 54 heavy (non-hydrogen) atoms. The minimum Gasteiger partial charge on any atom is -0.451 e. The van der Waals surface area contributed by atoms with Crippen molar-refractivity contribution in [2.45, 2.75) is 57.5 Å². The summed E-state index contributed by atoms with van der Waals surface area (Å²) in [4.78, 5) is 64.0. The second-order valence-electron chi connectivity index (χ2n) is 14.4. The Hall–Kier alpha value is -6.05. The van der Waals surface area contributed by atoms with E-state index in [9.17, 15) is 19.2 Å². The Morgan fingerprint density at radius 2 is 1.83 bits per heavy atom. The monoisotopic (exact) mass is 732 g/mol. The Balaban J connectivity index is 0.769. The number of nitrogens with two attached hydrogens (primary N) is 1. The molecular formula is C38H40N10O6. The number of piperazine rings is 1. The zero-order valence-corrected chi connectivity index (χ0v) is 30.0. The molecule has 2 atom stereocenters. The van der Waals surface area contributed by atoms with Crippen LogP contribution >= 0.6 is 0 Å². The van der Waals surface area contributed by atoms with E-state index in [-0.39, 0.29) is 30.0 Å². The summed E-state index contributed by atoms with van der Waals surface area (Å²) in [6.45, 7) is 9.00. The predicted octanol–water partition coefficient (Wildman–Crippen LogP) is 1.96. The topological polar surface area (TPSA) is 197 Å². The Morgan fingerprint density at radius 1 is 1.04 bits per heavy atom. The third-order valence-electron chi connectivity index (χ3n) is 10.3. The van der Waals surface area contributed by atoms with E-state index in [0.717, 1.165) is 49.4 Å². The van der Waals surface area contributed by atoms with Gasteiger partial charge in [-0.05, 0) is 62.2 Å². The van der Waals surface area contributed by atoms with Crippen molar-refractivity contribution in [1.82, 2.24) is 35.4 Å². The van der Waals surface area contributed by atoms with E-state index in [0.29, 0.717) is 60.2 Å². The molecule has 0 bridgehead atoms. The fourth-order valence-corrected chi connectivity index (χ4v) is 7.33. The molecule has 8 rings (SSSR count). The number of fused-ring (bicyclic) bond motifs is 2. The van der Waals surface area contributed by atoms with Crippen LogP contribution in [0.3, 0.4) is 0 Å². The number of benzene rings is 2. The van der Waals surface area contributed by atoms with E-state index >= 15 is 0 Å². The van der Waals surface area contributed by atoms with Crippen LogP contribution in [-0.2, 0) is 31.2 Å². The van der Waals surface area contributed by atoms with Crippen molar-refractivity contribution in [3.8, 4) is 11.8 Å². The Labute approximate surface area is 311 Å². The summed E-state index contributed by atoms with van der Waals surface area (Å²) in [6.07, 6.45) is 2.21. The molecule has 16 heteroatoms. The molecule has 5 aliphatic heterocycles. The highest BCUT2D eigenvalue weighted by Crippen LogP contribution is 2.38. The van der Waals surface area contributed by atoms with Gasteiger partial charge < -0.3 is 30.3 Å². The molecule has 16 nitrogen and oxygen atoms in total. The lowest BCUT2D eigenvalue weighted by atomic mass is 9.95. The van der Waals surface area contributed by atoms with Crippen LogP contribution in [0.1, 0.15) is 82.3 Å². The SMILES string of the molecule is CC1(C)OC(=O)c2ccc(Nc3ncc(C4NN=C(CCN5CCN(CC#Cc6ccc7c(c6)CN(C6CCC(=O)NC6=O)C7=O)CC5)O4)c(N)n3)cc21. The van der Waals surface area contributed by atoms with E-state index in [1.165, 1.54) is 0 Å². The summed E-state index contributed by atoms with van der Waals surface area (Å²) in [6, 6.07) is 10.3. The summed E-state index contributed by atoms with van der Waals surface area (Å²) in [5, 5.41) is 9.86. The molecule has 0 radical (unpaired) electrons. The molecule has 0 spiro atoms. The summed E-state index contributed by atoms with van der Waals surface area (Å²) in [7, 11) is 0. The minimum atomic E-state index is -0.716. The second-order valence-corrected chi connectivity index (χ2v) is 14.4. The van der Waals surface area contributed by atoms with Gasteiger partial charge in [-0.3, -0.25) is 30.0 Å².